The fraction of sp³-hybridized carbons (Fsp3) is 0.600. The van der Waals surface area contributed by atoms with Crippen LogP contribution >= 0.6 is 15.9 Å². The molecule has 20 heavy (non-hydrogen) atoms. The maximum absolute atomic E-state index is 10.9. The quantitative estimate of drug-likeness (QED) is 0.590. The zero-order valence-corrected chi connectivity index (χ0v) is 13.4. The highest BCUT2D eigenvalue weighted by atomic mass is 79.9. The highest BCUT2D eigenvalue weighted by Crippen LogP contribution is 2.27. The average Bonchev–Trinajstić information content (AvgIpc) is 2.41. The minimum Gasteiger partial charge on any atom is -0.302 e. The number of nitrogens with zero attached hydrogens (tertiary/aromatic N) is 2. The van der Waals surface area contributed by atoms with Crippen LogP contribution in [0.2, 0.25) is 0 Å². The van der Waals surface area contributed by atoms with Crippen molar-refractivity contribution in [3.05, 3.63) is 38.3 Å². The van der Waals surface area contributed by atoms with Crippen molar-refractivity contribution < 1.29 is 4.92 Å². The summed E-state index contributed by atoms with van der Waals surface area (Å²) in [5.74, 6) is 0.791. The molecule has 0 aromatic heterocycles. The molecular weight excluding hydrogens is 320 g/mol. The Labute approximate surface area is 128 Å². The summed E-state index contributed by atoms with van der Waals surface area (Å²) in [5, 5.41) is 10.9. The van der Waals surface area contributed by atoms with Crippen LogP contribution in [0.4, 0.5) is 5.69 Å². The first-order chi connectivity index (χ1) is 9.56. The number of benzene rings is 1. The maximum Gasteiger partial charge on any atom is 0.283 e. The van der Waals surface area contributed by atoms with Crippen molar-refractivity contribution >= 4 is 21.6 Å². The lowest BCUT2D eigenvalue weighted by atomic mass is 9.89. The monoisotopic (exact) mass is 340 g/mol. The first-order valence-electron chi connectivity index (χ1n) is 7.17. The van der Waals surface area contributed by atoms with E-state index < -0.39 is 0 Å². The van der Waals surface area contributed by atoms with Crippen molar-refractivity contribution in [2.75, 3.05) is 13.6 Å². The third-order valence-corrected chi connectivity index (χ3v) is 4.62. The van der Waals surface area contributed by atoms with E-state index in [4.69, 9.17) is 0 Å². The second-order valence-corrected chi connectivity index (χ2v) is 6.60. The summed E-state index contributed by atoms with van der Waals surface area (Å²) in [5.41, 5.74) is 1.15. The molecule has 5 heteroatoms. The number of hydrogen-bond donors (Lipinski definition) is 0. The summed E-state index contributed by atoms with van der Waals surface area (Å²) in [7, 11) is 2.10. The normalized spacial score (nSPS) is 16.6. The van der Waals surface area contributed by atoms with Gasteiger partial charge in [0.2, 0.25) is 0 Å². The van der Waals surface area contributed by atoms with Crippen LogP contribution < -0.4 is 0 Å². The topological polar surface area (TPSA) is 46.4 Å². The second-order valence-electron chi connectivity index (χ2n) is 5.74. The molecule has 0 unspecified atom stereocenters. The number of nitro benzene ring substituents is 1. The van der Waals surface area contributed by atoms with Crippen molar-refractivity contribution in [3.8, 4) is 0 Å². The molecule has 1 fully saturated rings. The van der Waals surface area contributed by atoms with Crippen molar-refractivity contribution in [2.24, 2.45) is 5.92 Å². The Kier molecular flexibility index (Phi) is 5.54. The van der Waals surface area contributed by atoms with Crippen LogP contribution in [-0.2, 0) is 6.54 Å². The van der Waals surface area contributed by atoms with Gasteiger partial charge in [0, 0.05) is 19.2 Å². The van der Waals surface area contributed by atoms with Crippen molar-refractivity contribution in [1.29, 1.82) is 0 Å². The SMILES string of the molecule is CN(Cc1ccc(Br)c([N+](=O)[O-])c1)CC1CCCCC1. The third kappa shape index (κ3) is 4.28. The van der Waals surface area contributed by atoms with Crippen LogP contribution in [-0.4, -0.2) is 23.4 Å². The van der Waals surface area contributed by atoms with Gasteiger partial charge in [0.1, 0.15) is 0 Å². The van der Waals surface area contributed by atoms with E-state index in [1.165, 1.54) is 32.1 Å². The molecule has 1 saturated carbocycles. The molecule has 110 valence electrons. The standard InChI is InChI=1S/C15H21BrN2O2/c1-17(10-12-5-3-2-4-6-12)11-13-7-8-14(16)15(9-13)18(19)20/h7-9,12H,2-6,10-11H2,1H3. The second kappa shape index (κ2) is 7.18. The summed E-state index contributed by atoms with van der Waals surface area (Å²) >= 11 is 3.22. The Balaban J connectivity index is 1.95. The Hall–Kier alpha value is -0.940. The van der Waals surface area contributed by atoms with E-state index >= 15 is 0 Å². The van der Waals surface area contributed by atoms with Crippen LogP contribution in [0.15, 0.2) is 22.7 Å². The molecule has 0 atom stereocenters. The van der Waals surface area contributed by atoms with E-state index in [1.54, 1.807) is 12.1 Å². The lowest BCUT2D eigenvalue weighted by Crippen LogP contribution is -2.26. The molecule has 1 aliphatic rings. The predicted octanol–water partition coefficient (Wildman–Crippen LogP) is 4.37. The van der Waals surface area contributed by atoms with Crippen molar-refractivity contribution in [1.82, 2.24) is 4.90 Å². The molecule has 0 aliphatic heterocycles. The van der Waals surface area contributed by atoms with E-state index in [0.717, 1.165) is 24.6 Å². The van der Waals surface area contributed by atoms with Gasteiger partial charge in [-0.05, 0) is 53.4 Å². The van der Waals surface area contributed by atoms with Gasteiger partial charge in [-0.3, -0.25) is 10.1 Å². The number of hydrogen-bond acceptors (Lipinski definition) is 3. The van der Waals surface area contributed by atoms with Gasteiger partial charge in [-0.25, -0.2) is 0 Å². The van der Waals surface area contributed by atoms with E-state index in [9.17, 15) is 10.1 Å². The highest BCUT2D eigenvalue weighted by molar-refractivity contribution is 9.10. The molecule has 2 rings (SSSR count). The Bertz CT molecular complexity index is 473. The third-order valence-electron chi connectivity index (χ3n) is 3.95. The zero-order chi connectivity index (χ0) is 14.5. The first-order valence-corrected chi connectivity index (χ1v) is 7.97. The van der Waals surface area contributed by atoms with Crippen LogP contribution in [0.3, 0.4) is 0 Å². The molecule has 0 amide bonds. The zero-order valence-electron chi connectivity index (χ0n) is 11.8. The fourth-order valence-electron chi connectivity index (χ4n) is 2.98. The van der Waals surface area contributed by atoms with Gasteiger partial charge < -0.3 is 4.90 Å². The summed E-state index contributed by atoms with van der Waals surface area (Å²) < 4.78 is 0.543. The number of halogens is 1. The molecule has 1 aromatic rings. The van der Waals surface area contributed by atoms with E-state index in [1.807, 2.05) is 6.07 Å². The minimum absolute atomic E-state index is 0.147. The summed E-state index contributed by atoms with van der Waals surface area (Å²) in [4.78, 5) is 12.9. The molecule has 0 N–H and O–H groups in total. The molecule has 0 saturated heterocycles. The molecule has 4 nitrogen and oxygen atoms in total. The van der Waals surface area contributed by atoms with E-state index in [-0.39, 0.29) is 10.6 Å². The molecular formula is C15H21BrN2O2. The molecule has 1 aromatic carbocycles. The first kappa shape index (κ1) is 15.4. The van der Waals surface area contributed by atoms with Crippen LogP contribution in [0, 0.1) is 16.0 Å². The molecule has 0 radical (unpaired) electrons. The van der Waals surface area contributed by atoms with Crippen LogP contribution in [0.1, 0.15) is 37.7 Å². The van der Waals surface area contributed by atoms with Crippen LogP contribution in [0.5, 0.6) is 0 Å². The molecule has 0 heterocycles. The van der Waals surface area contributed by atoms with Gasteiger partial charge in [0.25, 0.3) is 5.69 Å². The molecule has 0 spiro atoms. The minimum atomic E-state index is -0.339. The van der Waals surface area contributed by atoms with Gasteiger partial charge in [-0.1, -0.05) is 25.3 Å². The van der Waals surface area contributed by atoms with Gasteiger partial charge in [-0.2, -0.15) is 0 Å². The number of rotatable bonds is 5. The van der Waals surface area contributed by atoms with E-state index in [2.05, 4.69) is 27.9 Å². The molecule has 1 aliphatic carbocycles. The number of nitro groups is 1. The summed E-state index contributed by atoms with van der Waals surface area (Å²) in [6.07, 6.45) is 6.72. The lowest BCUT2D eigenvalue weighted by molar-refractivity contribution is -0.385. The highest BCUT2D eigenvalue weighted by Gasteiger charge is 2.17. The lowest BCUT2D eigenvalue weighted by Gasteiger charge is -2.27. The predicted molar refractivity (Wildman–Crippen MR) is 83.7 cm³/mol. The maximum atomic E-state index is 10.9. The summed E-state index contributed by atoms with van der Waals surface area (Å²) in [6, 6.07) is 5.39. The Morgan fingerprint density at radius 1 is 1.35 bits per heavy atom. The van der Waals surface area contributed by atoms with E-state index in [0.29, 0.717) is 4.47 Å². The van der Waals surface area contributed by atoms with Gasteiger partial charge >= 0.3 is 0 Å². The Morgan fingerprint density at radius 2 is 2.05 bits per heavy atom. The van der Waals surface area contributed by atoms with Crippen molar-refractivity contribution in [2.45, 2.75) is 38.6 Å². The van der Waals surface area contributed by atoms with Gasteiger partial charge in [0.15, 0.2) is 0 Å². The summed E-state index contributed by atoms with van der Waals surface area (Å²) in [6.45, 7) is 1.86. The average molecular weight is 341 g/mol. The Morgan fingerprint density at radius 3 is 2.70 bits per heavy atom. The van der Waals surface area contributed by atoms with Gasteiger partial charge in [0.05, 0.1) is 9.40 Å². The smallest absolute Gasteiger partial charge is 0.283 e. The van der Waals surface area contributed by atoms with Gasteiger partial charge in [-0.15, -0.1) is 0 Å². The van der Waals surface area contributed by atoms with Crippen LogP contribution in [0.25, 0.3) is 0 Å². The largest absolute Gasteiger partial charge is 0.302 e. The molecule has 0 bridgehead atoms. The van der Waals surface area contributed by atoms with Crippen molar-refractivity contribution in [3.63, 3.8) is 0 Å². The fourth-order valence-corrected chi connectivity index (χ4v) is 3.37.